The lowest BCUT2D eigenvalue weighted by molar-refractivity contribution is -0.465. The number of H-pyrrole nitrogens is 1. The summed E-state index contributed by atoms with van der Waals surface area (Å²) in [6, 6.07) is 0. The van der Waals surface area contributed by atoms with Crippen molar-refractivity contribution in [2.75, 3.05) is 0 Å². The third-order valence-electron chi connectivity index (χ3n) is 0.370. The van der Waals surface area contributed by atoms with Crippen LogP contribution in [0.3, 0.4) is 0 Å². The zero-order chi connectivity index (χ0) is 4.24. The molecule has 0 unspecified atom stereocenters. The molecule has 0 atom stereocenters. The molecule has 0 aliphatic heterocycles. The molecule has 0 aliphatic rings. The Morgan fingerprint density at radius 3 is 2.67 bits per heavy atom. The highest BCUT2D eigenvalue weighted by molar-refractivity contribution is 4.44. The second-order valence-corrected chi connectivity index (χ2v) is 0.750. The summed E-state index contributed by atoms with van der Waals surface area (Å²) in [6.07, 6.45) is 3.11. The summed E-state index contributed by atoms with van der Waals surface area (Å²) in [7, 11) is 0. The summed E-state index contributed by atoms with van der Waals surface area (Å²) in [4.78, 5) is 0. The number of nitrogens with zero attached hydrogens (tertiary/aromatic N) is 3. The van der Waals surface area contributed by atoms with Crippen molar-refractivity contribution in [3.05, 3.63) is 12.4 Å². The van der Waals surface area contributed by atoms with Crippen LogP contribution in [0, 0.1) is 0 Å². The SMILES string of the molecule is c1c[nH+]nnn1. The standard InChI is InChI=1S/C2H2N4/c1-2-4-6-5-3-1/h1-2H/p+1. The van der Waals surface area contributed by atoms with Gasteiger partial charge in [0.05, 0.1) is 0 Å². The average molecular weight is 83.1 g/mol. The quantitative estimate of drug-likeness (QED) is 0.391. The van der Waals surface area contributed by atoms with Gasteiger partial charge >= 0.3 is 0 Å². The van der Waals surface area contributed by atoms with E-state index < -0.39 is 0 Å². The first kappa shape index (κ1) is 3.14. The number of aromatic amines is 1. The van der Waals surface area contributed by atoms with E-state index >= 15 is 0 Å². The largest absolute Gasteiger partial charge is 0.203 e. The first-order valence-corrected chi connectivity index (χ1v) is 1.50. The smallest absolute Gasteiger partial charge is 0.147 e. The lowest BCUT2D eigenvalue weighted by Gasteiger charge is -1.56. The molecule has 0 saturated carbocycles. The zero-order valence-corrected chi connectivity index (χ0v) is 3.00. The van der Waals surface area contributed by atoms with E-state index in [1.54, 1.807) is 6.20 Å². The maximum Gasteiger partial charge on any atom is 0.203 e. The number of hydrogen-bond donors (Lipinski definition) is 0. The second kappa shape index (κ2) is 1.40. The normalized spacial score (nSPS) is 8.00. The summed E-state index contributed by atoms with van der Waals surface area (Å²) in [6.45, 7) is 0. The fourth-order valence-corrected chi connectivity index (χ4v) is 0.181. The summed E-state index contributed by atoms with van der Waals surface area (Å²) in [5.41, 5.74) is 0. The maximum absolute atomic E-state index is 3.39. The van der Waals surface area contributed by atoms with Crippen LogP contribution < -0.4 is 5.10 Å². The van der Waals surface area contributed by atoms with Crippen LogP contribution in [-0.4, -0.2) is 15.5 Å². The molecule has 0 fully saturated rings. The summed E-state index contributed by atoms with van der Waals surface area (Å²) in [5.74, 6) is 0. The Morgan fingerprint density at radius 1 is 1.50 bits per heavy atom. The fraction of sp³-hybridized carbons (Fsp3) is 0. The van der Waals surface area contributed by atoms with Gasteiger partial charge in [-0.05, 0) is 5.10 Å². The summed E-state index contributed by atoms with van der Waals surface area (Å²) < 4.78 is 0. The maximum atomic E-state index is 3.39. The molecule has 1 aromatic rings. The molecule has 0 bridgehead atoms. The van der Waals surface area contributed by atoms with E-state index in [1.165, 1.54) is 6.20 Å². The van der Waals surface area contributed by atoms with Crippen molar-refractivity contribution >= 4 is 0 Å². The molecular weight excluding hydrogens is 80.0 g/mol. The van der Waals surface area contributed by atoms with Crippen molar-refractivity contribution in [1.82, 2.24) is 15.5 Å². The van der Waals surface area contributed by atoms with E-state index in [0.29, 0.717) is 0 Å². The predicted molar refractivity (Wildman–Crippen MR) is 16.4 cm³/mol. The molecule has 0 aromatic carbocycles. The van der Waals surface area contributed by atoms with Gasteiger partial charge in [-0.3, -0.25) is 0 Å². The molecule has 30 valence electrons. The van der Waals surface area contributed by atoms with Gasteiger partial charge in [-0.2, -0.15) is 0 Å². The van der Waals surface area contributed by atoms with Crippen LogP contribution in [0.5, 0.6) is 0 Å². The molecular formula is C2H3N4+. The highest BCUT2D eigenvalue weighted by Crippen LogP contribution is 1.46. The monoisotopic (exact) mass is 83.0 g/mol. The molecule has 0 aliphatic carbocycles. The van der Waals surface area contributed by atoms with E-state index in [9.17, 15) is 0 Å². The number of aromatic nitrogens is 4. The van der Waals surface area contributed by atoms with Crippen LogP contribution >= 0.6 is 0 Å². The molecule has 6 heavy (non-hydrogen) atoms. The Labute approximate surface area is 34.2 Å². The van der Waals surface area contributed by atoms with Crippen LogP contribution in [-0.2, 0) is 0 Å². The van der Waals surface area contributed by atoms with Crippen molar-refractivity contribution in [3.63, 3.8) is 0 Å². The molecule has 0 saturated heterocycles. The molecule has 4 nitrogen and oxygen atoms in total. The van der Waals surface area contributed by atoms with E-state index in [-0.39, 0.29) is 0 Å². The van der Waals surface area contributed by atoms with Gasteiger partial charge in [0.25, 0.3) is 0 Å². The zero-order valence-electron chi connectivity index (χ0n) is 3.00. The molecule has 1 heterocycles. The highest BCUT2D eigenvalue weighted by Gasteiger charge is 1.72. The van der Waals surface area contributed by atoms with Crippen molar-refractivity contribution in [3.8, 4) is 0 Å². The molecule has 0 radical (unpaired) electrons. The lowest BCUT2D eigenvalue weighted by atomic mass is 11.0. The Morgan fingerprint density at radius 2 is 2.50 bits per heavy atom. The van der Waals surface area contributed by atoms with Crippen molar-refractivity contribution < 1.29 is 5.10 Å². The van der Waals surface area contributed by atoms with Gasteiger partial charge in [-0.1, -0.05) is 0 Å². The van der Waals surface area contributed by atoms with Gasteiger partial charge in [0, 0.05) is 0 Å². The van der Waals surface area contributed by atoms with Gasteiger partial charge in [0.1, 0.15) is 12.4 Å². The van der Waals surface area contributed by atoms with Gasteiger partial charge in [-0.25, -0.2) is 0 Å². The first-order valence-electron chi connectivity index (χ1n) is 1.50. The van der Waals surface area contributed by atoms with Gasteiger partial charge in [-0.15, -0.1) is 5.10 Å². The molecule has 4 heteroatoms. The number of hydrogen-bond acceptors (Lipinski definition) is 3. The highest BCUT2D eigenvalue weighted by atomic mass is 15.4. The van der Waals surface area contributed by atoms with Crippen molar-refractivity contribution in [2.45, 2.75) is 0 Å². The third-order valence-corrected chi connectivity index (χ3v) is 0.370. The van der Waals surface area contributed by atoms with Gasteiger partial charge in [0.2, 0.25) is 5.21 Å². The minimum absolute atomic E-state index is 1.52. The predicted octanol–water partition coefficient (Wildman–Crippen LogP) is -1.31. The number of nitrogens with one attached hydrogen (secondary N) is 1. The second-order valence-electron chi connectivity index (χ2n) is 0.750. The Bertz CT molecular complexity index is 77.5. The van der Waals surface area contributed by atoms with Crippen LogP contribution in [0.25, 0.3) is 0 Å². The summed E-state index contributed by atoms with van der Waals surface area (Å²) in [5, 5.41) is 12.4. The van der Waals surface area contributed by atoms with Crippen molar-refractivity contribution in [1.29, 1.82) is 0 Å². The third kappa shape index (κ3) is 0.453. The fourth-order valence-electron chi connectivity index (χ4n) is 0.181. The molecule has 0 amide bonds. The Kier molecular flexibility index (Phi) is 0.731. The van der Waals surface area contributed by atoms with Crippen molar-refractivity contribution in [2.24, 2.45) is 0 Å². The molecule has 0 spiro atoms. The molecule has 1 aromatic heterocycles. The first-order chi connectivity index (χ1) is 3.00. The minimum Gasteiger partial charge on any atom is -0.147 e. The van der Waals surface area contributed by atoms with E-state index in [1.807, 2.05) is 0 Å². The van der Waals surface area contributed by atoms with Crippen LogP contribution in [0.1, 0.15) is 0 Å². The van der Waals surface area contributed by atoms with E-state index in [2.05, 4.69) is 20.6 Å². The lowest BCUT2D eigenvalue weighted by Crippen LogP contribution is -2.08. The number of rotatable bonds is 0. The van der Waals surface area contributed by atoms with Gasteiger partial charge < -0.3 is 0 Å². The Balaban J connectivity index is 3.00. The van der Waals surface area contributed by atoms with Gasteiger partial charge in [0.15, 0.2) is 5.21 Å². The van der Waals surface area contributed by atoms with Crippen LogP contribution in [0.4, 0.5) is 0 Å². The molecule has 1 rings (SSSR count). The van der Waals surface area contributed by atoms with Crippen LogP contribution in [0.15, 0.2) is 12.4 Å². The average Bonchev–Trinajstić information content (AvgIpc) is 1.72. The Hall–Kier alpha value is -1.06. The molecule has 1 N–H and O–H groups in total. The van der Waals surface area contributed by atoms with E-state index in [4.69, 9.17) is 0 Å². The van der Waals surface area contributed by atoms with E-state index in [0.717, 1.165) is 0 Å². The topological polar surface area (TPSA) is 52.8 Å². The minimum atomic E-state index is 1.52. The van der Waals surface area contributed by atoms with Crippen LogP contribution in [0.2, 0.25) is 0 Å². The summed E-state index contributed by atoms with van der Waals surface area (Å²) >= 11 is 0.